The van der Waals surface area contributed by atoms with Gasteiger partial charge in [0.15, 0.2) is 5.82 Å². The molecule has 5 nitrogen and oxygen atoms in total. The summed E-state index contributed by atoms with van der Waals surface area (Å²) in [5.41, 5.74) is 3.76. The first-order valence-corrected chi connectivity index (χ1v) is 6.84. The second kappa shape index (κ2) is 6.43. The summed E-state index contributed by atoms with van der Waals surface area (Å²) >= 11 is 0. The molecule has 102 valence electrons. The molecule has 0 aliphatic carbocycles. The standard InChI is InChI=1S/C14H21N5/c1-4-12-11(8-10-15-3)13(5-2)19(18-12)14-7-6-9-16-17-14/h6-7,9,15H,4-5,8,10H2,1-3H3. The summed E-state index contributed by atoms with van der Waals surface area (Å²) in [7, 11) is 1.98. The minimum atomic E-state index is 0.796. The second-order valence-electron chi connectivity index (χ2n) is 4.43. The van der Waals surface area contributed by atoms with Crippen molar-refractivity contribution in [1.82, 2.24) is 25.3 Å². The highest BCUT2D eigenvalue weighted by Gasteiger charge is 2.16. The lowest BCUT2D eigenvalue weighted by Gasteiger charge is -2.06. The third kappa shape index (κ3) is 2.81. The van der Waals surface area contributed by atoms with Gasteiger partial charge in [-0.1, -0.05) is 13.8 Å². The first kappa shape index (κ1) is 13.7. The predicted molar refractivity (Wildman–Crippen MR) is 75.5 cm³/mol. The zero-order chi connectivity index (χ0) is 13.7. The van der Waals surface area contributed by atoms with Crippen LogP contribution in [0.1, 0.15) is 30.8 Å². The molecular formula is C14H21N5. The van der Waals surface area contributed by atoms with Crippen molar-refractivity contribution in [2.75, 3.05) is 13.6 Å². The van der Waals surface area contributed by atoms with Crippen molar-refractivity contribution in [3.63, 3.8) is 0 Å². The second-order valence-corrected chi connectivity index (χ2v) is 4.43. The van der Waals surface area contributed by atoms with Gasteiger partial charge in [0.05, 0.1) is 5.69 Å². The van der Waals surface area contributed by atoms with Crippen LogP contribution in [0.25, 0.3) is 5.82 Å². The molecule has 0 spiro atoms. The van der Waals surface area contributed by atoms with Crippen molar-refractivity contribution < 1.29 is 0 Å². The number of nitrogens with one attached hydrogen (secondary N) is 1. The third-order valence-electron chi connectivity index (χ3n) is 3.24. The van der Waals surface area contributed by atoms with Crippen molar-refractivity contribution in [3.8, 4) is 5.82 Å². The van der Waals surface area contributed by atoms with Gasteiger partial charge in [0.1, 0.15) is 0 Å². The number of likely N-dealkylation sites (N-methyl/N-ethyl adjacent to an activating group) is 1. The quantitative estimate of drug-likeness (QED) is 0.855. The number of aryl methyl sites for hydroxylation is 1. The van der Waals surface area contributed by atoms with E-state index >= 15 is 0 Å². The molecule has 0 fully saturated rings. The maximum absolute atomic E-state index is 4.71. The first-order valence-electron chi connectivity index (χ1n) is 6.84. The van der Waals surface area contributed by atoms with Gasteiger partial charge in [-0.3, -0.25) is 0 Å². The zero-order valence-electron chi connectivity index (χ0n) is 11.8. The number of nitrogens with zero attached hydrogens (tertiary/aromatic N) is 4. The molecule has 0 atom stereocenters. The van der Waals surface area contributed by atoms with Crippen LogP contribution in [0.2, 0.25) is 0 Å². The van der Waals surface area contributed by atoms with E-state index in [4.69, 9.17) is 5.10 Å². The molecule has 0 amide bonds. The van der Waals surface area contributed by atoms with Crippen LogP contribution < -0.4 is 5.32 Å². The lowest BCUT2D eigenvalue weighted by atomic mass is 10.1. The monoisotopic (exact) mass is 259 g/mol. The maximum Gasteiger partial charge on any atom is 0.175 e. The first-order chi connectivity index (χ1) is 9.31. The summed E-state index contributed by atoms with van der Waals surface area (Å²) in [6.07, 6.45) is 4.58. The van der Waals surface area contributed by atoms with Gasteiger partial charge < -0.3 is 5.32 Å². The number of rotatable bonds is 6. The SMILES string of the molecule is CCc1nn(-c2cccnn2)c(CC)c1CCNC. The van der Waals surface area contributed by atoms with Crippen molar-refractivity contribution >= 4 is 0 Å². The fourth-order valence-electron chi connectivity index (χ4n) is 2.32. The zero-order valence-corrected chi connectivity index (χ0v) is 11.8. The van der Waals surface area contributed by atoms with Crippen molar-refractivity contribution in [3.05, 3.63) is 35.3 Å². The van der Waals surface area contributed by atoms with Gasteiger partial charge in [-0.15, -0.1) is 5.10 Å². The van der Waals surface area contributed by atoms with Gasteiger partial charge in [0.2, 0.25) is 0 Å². The van der Waals surface area contributed by atoms with Gasteiger partial charge in [-0.2, -0.15) is 10.2 Å². The average molecular weight is 259 g/mol. The molecule has 19 heavy (non-hydrogen) atoms. The number of hydrogen-bond acceptors (Lipinski definition) is 4. The van der Waals surface area contributed by atoms with Crippen LogP contribution in [0.5, 0.6) is 0 Å². The Morgan fingerprint density at radius 1 is 1.26 bits per heavy atom. The molecule has 0 aromatic carbocycles. The van der Waals surface area contributed by atoms with E-state index in [9.17, 15) is 0 Å². The molecule has 0 saturated heterocycles. The highest BCUT2D eigenvalue weighted by Crippen LogP contribution is 2.19. The summed E-state index contributed by atoms with van der Waals surface area (Å²) in [6, 6.07) is 3.84. The molecule has 2 aromatic heterocycles. The van der Waals surface area contributed by atoms with E-state index in [0.717, 1.165) is 37.3 Å². The molecule has 0 aliphatic heterocycles. The molecule has 2 aromatic rings. The van der Waals surface area contributed by atoms with Gasteiger partial charge in [-0.05, 0) is 50.6 Å². The molecular weight excluding hydrogens is 238 g/mol. The lowest BCUT2D eigenvalue weighted by molar-refractivity contribution is 0.749. The van der Waals surface area contributed by atoms with Crippen LogP contribution >= 0.6 is 0 Å². The van der Waals surface area contributed by atoms with E-state index < -0.39 is 0 Å². The lowest BCUT2D eigenvalue weighted by Crippen LogP contribution is -2.12. The normalized spacial score (nSPS) is 10.9. The molecule has 1 N–H and O–H groups in total. The van der Waals surface area contributed by atoms with E-state index in [2.05, 4.69) is 29.4 Å². The fraction of sp³-hybridized carbons (Fsp3) is 0.500. The van der Waals surface area contributed by atoms with Crippen LogP contribution in [0, 0.1) is 0 Å². The summed E-state index contributed by atoms with van der Waals surface area (Å²) in [5.74, 6) is 0.796. The Balaban J connectivity index is 2.47. The molecule has 0 saturated carbocycles. The Morgan fingerprint density at radius 2 is 2.11 bits per heavy atom. The van der Waals surface area contributed by atoms with E-state index in [-0.39, 0.29) is 0 Å². The van der Waals surface area contributed by atoms with E-state index in [1.165, 1.54) is 11.3 Å². The highest BCUT2D eigenvalue weighted by molar-refractivity contribution is 5.33. The van der Waals surface area contributed by atoms with Gasteiger partial charge in [0.25, 0.3) is 0 Å². The Bertz CT molecular complexity index is 518. The van der Waals surface area contributed by atoms with E-state index in [1.807, 2.05) is 23.9 Å². The molecule has 5 heteroatoms. The smallest absolute Gasteiger partial charge is 0.175 e. The number of aromatic nitrogens is 4. The molecule has 2 heterocycles. The number of hydrogen-bond donors (Lipinski definition) is 1. The molecule has 0 unspecified atom stereocenters. The molecule has 2 rings (SSSR count). The Kier molecular flexibility index (Phi) is 4.63. The highest BCUT2D eigenvalue weighted by atomic mass is 15.3. The Morgan fingerprint density at radius 3 is 2.68 bits per heavy atom. The van der Waals surface area contributed by atoms with Crippen LogP contribution in [0.3, 0.4) is 0 Å². The van der Waals surface area contributed by atoms with Crippen LogP contribution in [-0.4, -0.2) is 33.6 Å². The topological polar surface area (TPSA) is 55.6 Å². The van der Waals surface area contributed by atoms with Gasteiger partial charge in [0, 0.05) is 11.9 Å². The minimum Gasteiger partial charge on any atom is -0.319 e. The summed E-state index contributed by atoms with van der Waals surface area (Å²) in [6.45, 7) is 5.27. The Hall–Kier alpha value is -1.75. The summed E-state index contributed by atoms with van der Waals surface area (Å²) in [5, 5.41) is 16.0. The van der Waals surface area contributed by atoms with E-state index in [0.29, 0.717) is 0 Å². The van der Waals surface area contributed by atoms with Crippen molar-refractivity contribution in [2.45, 2.75) is 33.1 Å². The summed E-state index contributed by atoms with van der Waals surface area (Å²) < 4.78 is 1.94. The molecule has 0 bridgehead atoms. The fourth-order valence-corrected chi connectivity index (χ4v) is 2.32. The minimum absolute atomic E-state index is 0.796. The van der Waals surface area contributed by atoms with Gasteiger partial charge >= 0.3 is 0 Å². The average Bonchev–Trinajstić information content (AvgIpc) is 2.83. The molecule has 0 radical (unpaired) electrons. The predicted octanol–water partition coefficient (Wildman–Crippen LogP) is 1.55. The van der Waals surface area contributed by atoms with Crippen molar-refractivity contribution in [1.29, 1.82) is 0 Å². The van der Waals surface area contributed by atoms with Crippen LogP contribution in [0.4, 0.5) is 0 Å². The van der Waals surface area contributed by atoms with Crippen molar-refractivity contribution in [2.24, 2.45) is 0 Å². The summed E-state index contributed by atoms with van der Waals surface area (Å²) in [4.78, 5) is 0. The Labute approximate surface area is 114 Å². The van der Waals surface area contributed by atoms with Crippen LogP contribution in [0.15, 0.2) is 18.3 Å². The largest absolute Gasteiger partial charge is 0.319 e. The van der Waals surface area contributed by atoms with E-state index in [1.54, 1.807) is 6.20 Å². The van der Waals surface area contributed by atoms with Gasteiger partial charge in [-0.25, -0.2) is 4.68 Å². The maximum atomic E-state index is 4.71. The molecule has 0 aliphatic rings. The third-order valence-corrected chi connectivity index (χ3v) is 3.24. The van der Waals surface area contributed by atoms with Crippen LogP contribution in [-0.2, 0) is 19.3 Å².